The van der Waals surface area contributed by atoms with Crippen molar-refractivity contribution in [3.8, 4) is 0 Å². The van der Waals surface area contributed by atoms with Crippen LogP contribution in [0.1, 0.15) is 34.1 Å². The summed E-state index contributed by atoms with van der Waals surface area (Å²) in [5, 5.41) is 15.1. The molecule has 0 amide bonds. The molecule has 3 heteroatoms. The van der Waals surface area contributed by atoms with Gasteiger partial charge in [0.05, 0.1) is 10.1 Å². The molecule has 0 aliphatic heterocycles. The van der Waals surface area contributed by atoms with Gasteiger partial charge in [-0.1, -0.05) is 32.5 Å². The third kappa shape index (κ3) is 10.6. The van der Waals surface area contributed by atoms with Gasteiger partial charge in [-0.05, 0) is 13.3 Å². The molecule has 0 fully saturated rings. The first-order valence-corrected chi connectivity index (χ1v) is 4.29. The van der Waals surface area contributed by atoms with Crippen LogP contribution in [0.25, 0.3) is 0 Å². The monoisotopic (exact) mass is 160 g/mol. The maximum atomic E-state index is 7.09. The van der Waals surface area contributed by atoms with Gasteiger partial charge in [0.1, 0.15) is 0 Å². The van der Waals surface area contributed by atoms with Crippen LogP contribution in [0.15, 0.2) is 0 Å². The number of nitrogens with one attached hydrogen (secondary N) is 2. The van der Waals surface area contributed by atoms with Crippen molar-refractivity contribution in [3.05, 3.63) is 0 Å². The van der Waals surface area contributed by atoms with Gasteiger partial charge in [0.2, 0.25) is 0 Å². The Morgan fingerprint density at radius 2 is 1.70 bits per heavy atom. The van der Waals surface area contributed by atoms with Gasteiger partial charge in [0, 0.05) is 0 Å². The molecule has 0 bridgehead atoms. The molecule has 0 spiro atoms. The van der Waals surface area contributed by atoms with Crippen LogP contribution in [-0.2, 0) is 0 Å². The minimum Gasteiger partial charge on any atom is -0.298 e. The smallest absolute Gasteiger partial charge is 0.0697 e. The van der Waals surface area contributed by atoms with E-state index in [1.165, 1.54) is 11.8 Å². The minimum atomic E-state index is 0.497. The van der Waals surface area contributed by atoms with E-state index < -0.39 is 0 Å². The zero-order valence-electron chi connectivity index (χ0n) is 7.12. The van der Waals surface area contributed by atoms with Crippen LogP contribution in [0.5, 0.6) is 0 Å². The van der Waals surface area contributed by atoms with Crippen molar-refractivity contribution < 1.29 is 0 Å². The van der Waals surface area contributed by atoms with Gasteiger partial charge in [0.15, 0.2) is 0 Å². The number of hydrogen-bond donors (Lipinski definition) is 2. The summed E-state index contributed by atoms with van der Waals surface area (Å²) in [6, 6.07) is 0. The lowest BCUT2D eigenvalue weighted by Crippen LogP contribution is -1.89. The number of hydrogen-bond acceptors (Lipinski definition) is 3. The molecule has 2 N–H and O–H groups in total. The molecule has 2 nitrogen and oxygen atoms in total. The molecule has 0 aliphatic carbocycles. The molecular weight excluding hydrogens is 144 g/mol. The van der Waals surface area contributed by atoms with Crippen molar-refractivity contribution >= 4 is 21.8 Å². The van der Waals surface area contributed by atoms with E-state index in [4.69, 9.17) is 10.8 Å². The van der Waals surface area contributed by atoms with Gasteiger partial charge < -0.3 is 0 Å². The van der Waals surface area contributed by atoms with Gasteiger partial charge in [-0.25, -0.2) is 0 Å². The summed E-state index contributed by atoms with van der Waals surface area (Å²) >= 11 is 1.22. The van der Waals surface area contributed by atoms with Crippen molar-refractivity contribution in [1.29, 1.82) is 10.8 Å². The summed E-state index contributed by atoms with van der Waals surface area (Å²) in [6.45, 7) is 7.60. The van der Waals surface area contributed by atoms with Crippen molar-refractivity contribution in [2.75, 3.05) is 0 Å². The molecule has 0 unspecified atom stereocenters. The van der Waals surface area contributed by atoms with E-state index in [2.05, 4.69) is 0 Å². The first-order chi connectivity index (χ1) is 4.66. The van der Waals surface area contributed by atoms with E-state index in [1.807, 2.05) is 20.8 Å². The van der Waals surface area contributed by atoms with Crippen molar-refractivity contribution in [3.63, 3.8) is 0 Å². The van der Waals surface area contributed by atoms with Crippen LogP contribution in [0, 0.1) is 10.8 Å². The topological polar surface area (TPSA) is 47.7 Å². The first kappa shape index (κ1) is 12.4. The van der Waals surface area contributed by atoms with Crippen molar-refractivity contribution in [1.82, 2.24) is 0 Å². The first-order valence-electron chi connectivity index (χ1n) is 3.47. The van der Waals surface area contributed by atoms with Crippen LogP contribution < -0.4 is 0 Å². The Kier molecular flexibility index (Phi) is 10.8. The Labute approximate surface area is 67.4 Å². The van der Waals surface area contributed by atoms with E-state index >= 15 is 0 Å². The van der Waals surface area contributed by atoms with Gasteiger partial charge in [-0.15, -0.1) is 0 Å². The zero-order valence-corrected chi connectivity index (χ0v) is 7.93. The van der Waals surface area contributed by atoms with Gasteiger partial charge in [-0.3, -0.25) is 10.8 Å². The largest absolute Gasteiger partial charge is 0.298 e. The van der Waals surface area contributed by atoms with Gasteiger partial charge in [0.25, 0.3) is 0 Å². The SMILES string of the molecule is CC.CCC(=N)SC(C)=N. The molecule has 10 heavy (non-hydrogen) atoms. The highest BCUT2D eigenvalue weighted by atomic mass is 32.2. The Bertz CT molecular complexity index is 110. The normalized spacial score (nSPS) is 7.60. The summed E-state index contributed by atoms with van der Waals surface area (Å²) in [6.07, 6.45) is 0.737. The zero-order chi connectivity index (χ0) is 8.57. The second-order valence-electron chi connectivity index (χ2n) is 1.43. The summed E-state index contributed by atoms with van der Waals surface area (Å²) in [7, 11) is 0. The van der Waals surface area contributed by atoms with Gasteiger partial charge in [-0.2, -0.15) is 0 Å². The van der Waals surface area contributed by atoms with E-state index in [-0.39, 0.29) is 0 Å². The number of thioether (sulfide) groups is 1. The second kappa shape index (κ2) is 8.69. The summed E-state index contributed by atoms with van der Waals surface area (Å²) in [5.74, 6) is 0. The Balaban J connectivity index is 0. The molecule has 0 saturated carbocycles. The lowest BCUT2D eigenvalue weighted by Gasteiger charge is -1.93. The fourth-order valence-electron chi connectivity index (χ4n) is 0.257. The standard InChI is InChI=1S/C5H10N2S.C2H6/c1-3-5(7)8-4(2)6;1-2/h6-7H,3H2,1-2H3;1-2H3. The Morgan fingerprint density at radius 3 is 1.80 bits per heavy atom. The third-order valence-corrected chi connectivity index (χ3v) is 1.44. The quantitative estimate of drug-likeness (QED) is 0.449. The average Bonchev–Trinajstić information content (AvgIpc) is 1.91. The molecule has 0 radical (unpaired) electrons. The molecule has 0 heterocycles. The van der Waals surface area contributed by atoms with Gasteiger partial charge >= 0.3 is 0 Å². The maximum absolute atomic E-state index is 7.09. The van der Waals surface area contributed by atoms with Crippen LogP contribution >= 0.6 is 11.8 Å². The van der Waals surface area contributed by atoms with Crippen molar-refractivity contribution in [2.24, 2.45) is 0 Å². The van der Waals surface area contributed by atoms with Crippen LogP contribution in [-0.4, -0.2) is 10.1 Å². The summed E-state index contributed by atoms with van der Waals surface area (Å²) < 4.78 is 0. The lowest BCUT2D eigenvalue weighted by molar-refractivity contribution is 1.28. The summed E-state index contributed by atoms with van der Waals surface area (Å²) in [4.78, 5) is 0. The van der Waals surface area contributed by atoms with E-state index in [0.29, 0.717) is 10.1 Å². The molecular formula is C7H16N2S. The highest BCUT2D eigenvalue weighted by Crippen LogP contribution is 2.05. The molecule has 0 saturated heterocycles. The fraction of sp³-hybridized carbons (Fsp3) is 0.714. The second-order valence-corrected chi connectivity index (χ2v) is 2.74. The molecule has 0 aromatic carbocycles. The third-order valence-electron chi connectivity index (χ3n) is 0.597. The summed E-state index contributed by atoms with van der Waals surface area (Å²) in [5.41, 5.74) is 0. The van der Waals surface area contributed by atoms with Crippen LogP contribution in [0.3, 0.4) is 0 Å². The van der Waals surface area contributed by atoms with E-state index in [9.17, 15) is 0 Å². The molecule has 0 aromatic heterocycles. The predicted octanol–water partition coefficient (Wildman–Crippen LogP) is 3.13. The fourth-order valence-corrected chi connectivity index (χ4v) is 0.771. The van der Waals surface area contributed by atoms with E-state index in [0.717, 1.165) is 6.42 Å². The molecule has 0 aromatic rings. The minimum absolute atomic E-state index is 0.497. The van der Waals surface area contributed by atoms with E-state index in [1.54, 1.807) is 6.92 Å². The van der Waals surface area contributed by atoms with Crippen molar-refractivity contribution in [2.45, 2.75) is 34.1 Å². The van der Waals surface area contributed by atoms with Crippen LogP contribution in [0.2, 0.25) is 0 Å². The molecule has 0 atom stereocenters. The van der Waals surface area contributed by atoms with Crippen LogP contribution in [0.4, 0.5) is 0 Å². The maximum Gasteiger partial charge on any atom is 0.0697 e. The molecule has 60 valence electrons. The lowest BCUT2D eigenvalue weighted by atomic mass is 10.5. The molecule has 0 rings (SSSR count). The highest BCUT2D eigenvalue weighted by molar-refractivity contribution is 8.26. The highest BCUT2D eigenvalue weighted by Gasteiger charge is 1.92. The molecule has 0 aliphatic rings. The number of rotatable bonds is 1. The Morgan fingerprint density at radius 1 is 1.30 bits per heavy atom. The predicted molar refractivity (Wildman–Crippen MR) is 50.4 cm³/mol. The average molecular weight is 160 g/mol. The Hall–Kier alpha value is -0.310.